The van der Waals surface area contributed by atoms with Gasteiger partial charge in [0.1, 0.15) is 0 Å². The third-order valence-electron chi connectivity index (χ3n) is 10.4. The highest BCUT2D eigenvalue weighted by Crippen LogP contribution is 2.65. The highest BCUT2D eigenvalue weighted by Gasteiger charge is 2.53. The fourth-order valence-corrected chi connectivity index (χ4v) is 9.93. The van der Waals surface area contributed by atoms with Gasteiger partial charge in [0.15, 0.2) is 4.87 Å². The van der Waals surface area contributed by atoms with Crippen molar-refractivity contribution < 1.29 is 0 Å². The van der Waals surface area contributed by atoms with E-state index in [1.807, 2.05) is 11.8 Å². The lowest BCUT2D eigenvalue weighted by Crippen LogP contribution is -2.43. The van der Waals surface area contributed by atoms with E-state index in [0.29, 0.717) is 5.95 Å². The van der Waals surface area contributed by atoms with Crippen molar-refractivity contribution in [3.8, 4) is 22.4 Å². The Kier molecular flexibility index (Phi) is 5.53. The van der Waals surface area contributed by atoms with Crippen molar-refractivity contribution in [3.63, 3.8) is 0 Å². The van der Waals surface area contributed by atoms with Gasteiger partial charge in [-0.3, -0.25) is 4.90 Å². The predicted octanol–water partition coefficient (Wildman–Crippen LogP) is 11.9. The minimum Gasteiger partial charge on any atom is -0.286 e. The SMILES string of the molecule is c1ccc2c(c1)-c1ccccc1C21Sc2cccc3cccc(c23)N1c1nc(-c2cccc3ccccc23)c2ccc3ccccc3c2n1. The smallest absolute Gasteiger partial charge is 0.232 e. The Balaban J connectivity index is 1.32. The summed E-state index contributed by atoms with van der Waals surface area (Å²) >= 11 is 1.91. The molecule has 2 aliphatic rings. The lowest BCUT2D eigenvalue weighted by atomic mass is 9.97. The maximum absolute atomic E-state index is 5.68. The van der Waals surface area contributed by atoms with Crippen LogP contribution in [0.1, 0.15) is 11.1 Å². The van der Waals surface area contributed by atoms with Crippen molar-refractivity contribution in [1.29, 1.82) is 0 Å². The van der Waals surface area contributed by atoms with Crippen molar-refractivity contribution in [2.24, 2.45) is 0 Å². The van der Waals surface area contributed by atoms with E-state index in [9.17, 15) is 0 Å². The first-order chi connectivity index (χ1) is 24.3. The molecule has 0 saturated heterocycles. The minimum atomic E-state index is -0.635. The molecule has 228 valence electrons. The predicted molar refractivity (Wildman–Crippen MR) is 205 cm³/mol. The van der Waals surface area contributed by atoms with Gasteiger partial charge in [-0.05, 0) is 50.9 Å². The minimum absolute atomic E-state index is 0.635. The largest absolute Gasteiger partial charge is 0.286 e. The van der Waals surface area contributed by atoms with Crippen LogP contribution in [0.15, 0.2) is 169 Å². The lowest BCUT2D eigenvalue weighted by molar-refractivity contribution is 0.745. The maximum atomic E-state index is 5.68. The summed E-state index contributed by atoms with van der Waals surface area (Å²) in [5, 5.41) is 8.14. The van der Waals surface area contributed by atoms with Crippen LogP contribution in [0.3, 0.4) is 0 Å². The van der Waals surface area contributed by atoms with E-state index >= 15 is 0 Å². The van der Waals surface area contributed by atoms with Gasteiger partial charge in [-0.15, -0.1) is 0 Å². The molecule has 2 heterocycles. The molecule has 1 aliphatic carbocycles. The molecule has 49 heavy (non-hydrogen) atoms. The molecule has 8 aromatic carbocycles. The summed E-state index contributed by atoms with van der Waals surface area (Å²) in [6, 6.07) is 59.2. The van der Waals surface area contributed by atoms with Crippen LogP contribution in [0.5, 0.6) is 0 Å². The molecule has 0 N–H and O–H groups in total. The molecule has 9 aromatic rings. The Morgan fingerprint density at radius 3 is 1.84 bits per heavy atom. The second kappa shape index (κ2) is 10.0. The van der Waals surface area contributed by atoms with Crippen molar-refractivity contribution in [2.45, 2.75) is 9.77 Å². The van der Waals surface area contributed by atoms with Gasteiger partial charge in [0, 0.05) is 37.7 Å². The molecule has 0 amide bonds. The Bertz CT molecular complexity index is 2780. The Labute approximate surface area is 287 Å². The highest BCUT2D eigenvalue weighted by atomic mass is 32.2. The van der Waals surface area contributed by atoms with Crippen LogP contribution in [0, 0.1) is 0 Å². The number of aromatic nitrogens is 2. The van der Waals surface area contributed by atoms with Crippen LogP contribution in [0.2, 0.25) is 0 Å². The third-order valence-corrected chi connectivity index (χ3v) is 11.8. The number of rotatable bonds is 2. The number of hydrogen-bond acceptors (Lipinski definition) is 4. The topological polar surface area (TPSA) is 29.0 Å². The molecule has 0 saturated carbocycles. The molecular weight excluding hydrogens is 615 g/mol. The van der Waals surface area contributed by atoms with Crippen LogP contribution in [0.4, 0.5) is 11.6 Å². The van der Waals surface area contributed by atoms with E-state index in [2.05, 4.69) is 169 Å². The van der Waals surface area contributed by atoms with Gasteiger partial charge in [0.2, 0.25) is 5.95 Å². The zero-order valence-electron chi connectivity index (χ0n) is 26.3. The average Bonchev–Trinajstić information content (AvgIpc) is 3.43. The van der Waals surface area contributed by atoms with Gasteiger partial charge in [-0.1, -0.05) is 157 Å². The molecule has 1 aromatic heterocycles. The Hall–Kier alpha value is -5.97. The molecule has 0 atom stereocenters. The van der Waals surface area contributed by atoms with Crippen LogP contribution in [-0.2, 0) is 4.87 Å². The van der Waals surface area contributed by atoms with Crippen molar-refractivity contribution >= 4 is 66.6 Å². The molecule has 1 aliphatic heterocycles. The highest BCUT2D eigenvalue weighted by molar-refractivity contribution is 8.01. The summed E-state index contributed by atoms with van der Waals surface area (Å²) in [7, 11) is 0. The van der Waals surface area contributed by atoms with Gasteiger partial charge in [-0.2, -0.15) is 0 Å². The number of nitrogens with zero attached hydrogens (tertiary/aromatic N) is 3. The Morgan fingerprint density at radius 2 is 1.04 bits per heavy atom. The summed E-state index contributed by atoms with van der Waals surface area (Å²) in [6.45, 7) is 0. The number of hydrogen-bond donors (Lipinski definition) is 0. The fraction of sp³-hybridized carbons (Fsp3) is 0.0222. The monoisotopic (exact) mass is 641 g/mol. The zero-order chi connectivity index (χ0) is 32.1. The molecule has 0 bridgehead atoms. The van der Waals surface area contributed by atoms with Gasteiger partial charge in [0.25, 0.3) is 0 Å². The van der Waals surface area contributed by atoms with E-state index in [-0.39, 0.29) is 0 Å². The van der Waals surface area contributed by atoms with E-state index < -0.39 is 4.87 Å². The molecule has 0 unspecified atom stereocenters. The lowest BCUT2D eigenvalue weighted by Gasteiger charge is -2.46. The summed E-state index contributed by atoms with van der Waals surface area (Å²) < 4.78 is 0. The number of benzene rings is 8. The van der Waals surface area contributed by atoms with E-state index in [1.54, 1.807) is 0 Å². The third kappa shape index (κ3) is 3.64. The number of thioether (sulfide) groups is 1. The summed E-state index contributed by atoms with van der Waals surface area (Å²) in [5.74, 6) is 0.688. The Morgan fingerprint density at radius 1 is 0.449 bits per heavy atom. The summed E-state index contributed by atoms with van der Waals surface area (Å²) in [5.41, 5.74) is 9.12. The van der Waals surface area contributed by atoms with Crippen LogP contribution in [0.25, 0.3) is 65.6 Å². The summed E-state index contributed by atoms with van der Waals surface area (Å²) in [4.78, 5) is 14.4. The van der Waals surface area contributed by atoms with E-state index in [4.69, 9.17) is 9.97 Å². The first-order valence-electron chi connectivity index (χ1n) is 16.7. The average molecular weight is 642 g/mol. The number of fused-ring (bicyclic) bond motifs is 9. The van der Waals surface area contributed by atoms with Gasteiger partial charge in [-0.25, -0.2) is 9.97 Å². The van der Waals surface area contributed by atoms with Crippen molar-refractivity contribution in [1.82, 2.24) is 9.97 Å². The molecule has 1 spiro atoms. The number of anilines is 2. The first-order valence-corrected chi connectivity index (χ1v) is 17.5. The quantitative estimate of drug-likeness (QED) is 0.176. The molecule has 3 nitrogen and oxygen atoms in total. The van der Waals surface area contributed by atoms with Gasteiger partial charge < -0.3 is 0 Å². The van der Waals surface area contributed by atoms with Gasteiger partial charge >= 0.3 is 0 Å². The van der Waals surface area contributed by atoms with Crippen LogP contribution < -0.4 is 4.90 Å². The fourth-order valence-electron chi connectivity index (χ4n) is 8.29. The normalized spacial score (nSPS) is 14.2. The molecule has 4 heteroatoms. The van der Waals surface area contributed by atoms with E-state index in [1.165, 1.54) is 48.7 Å². The first kappa shape index (κ1) is 27.0. The van der Waals surface area contributed by atoms with Crippen molar-refractivity contribution in [2.75, 3.05) is 4.90 Å². The molecule has 0 fully saturated rings. The van der Waals surface area contributed by atoms with E-state index in [0.717, 1.165) is 38.6 Å². The molecule has 11 rings (SSSR count). The molecular formula is C45H27N3S. The summed E-state index contributed by atoms with van der Waals surface area (Å²) in [6.07, 6.45) is 0. The molecule has 0 radical (unpaired) electrons. The van der Waals surface area contributed by atoms with Gasteiger partial charge in [0.05, 0.1) is 16.9 Å². The second-order valence-electron chi connectivity index (χ2n) is 12.9. The zero-order valence-corrected chi connectivity index (χ0v) is 27.2. The standard InChI is InChI=1S/C45H27N3S/c1-3-17-31-28(12-1)14-9-21-35(31)43-36-27-26-29-13-2-4-18-32(29)42(36)46-44(47-43)48-39-24-10-15-30-16-11-25-40(41(30)39)49-45(48)37-22-7-5-19-33(37)34-20-6-8-23-38(34)45/h1-27H. The maximum Gasteiger partial charge on any atom is 0.232 e. The van der Waals surface area contributed by atoms with Crippen LogP contribution in [-0.4, -0.2) is 9.97 Å². The second-order valence-corrected chi connectivity index (χ2v) is 14.1. The van der Waals surface area contributed by atoms with Crippen LogP contribution >= 0.6 is 11.8 Å². The van der Waals surface area contributed by atoms with Crippen molar-refractivity contribution in [3.05, 3.63) is 175 Å².